The van der Waals surface area contributed by atoms with E-state index in [0.29, 0.717) is 33.3 Å². The summed E-state index contributed by atoms with van der Waals surface area (Å²) in [6.45, 7) is 6.19. The number of hydrogen-bond acceptors (Lipinski definition) is 3. The maximum atomic E-state index is 14.1. The molecule has 28 heavy (non-hydrogen) atoms. The Bertz CT molecular complexity index is 1160. The number of aryl methyl sites for hydroxylation is 1. The van der Waals surface area contributed by atoms with Crippen LogP contribution in [0.3, 0.4) is 0 Å². The largest absolute Gasteiger partial charge is 0.335 e. The smallest absolute Gasteiger partial charge is 0.158 e. The van der Waals surface area contributed by atoms with Gasteiger partial charge < -0.3 is 4.98 Å². The van der Waals surface area contributed by atoms with E-state index in [2.05, 4.69) is 40.8 Å². The Hall–Kier alpha value is -2.44. The first-order valence-electron chi connectivity index (χ1n) is 8.59. The van der Waals surface area contributed by atoms with Gasteiger partial charge in [0.05, 0.1) is 33.6 Å². The van der Waals surface area contributed by atoms with E-state index in [1.807, 2.05) is 7.05 Å². The molecule has 1 aromatic carbocycles. The van der Waals surface area contributed by atoms with Crippen LogP contribution in [-0.2, 0) is 12.5 Å². The fourth-order valence-corrected chi connectivity index (χ4v) is 3.61. The topological polar surface area (TPSA) is 59.4 Å². The Morgan fingerprint density at radius 3 is 2.54 bits per heavy atom. The van der Waals surface area contributed by atoms with E-state index in [-0.39, 0.29) is 23.6 Å². The molecule has 0 aliphatic rings. The van der Waals surface area contributed by atoms with Gasteiger partial charge >= 0.3 is 0 Å². The van der Waals surface area contributed by atoms with Gasteiger partial charge in [0.15, 0.2) is 5.82 Å². The fourth-order valence-electron chi connectivity index (χ4n) is 3.07. The Balaban J connectivity index is 0.00000225. The third-order valence-electron chi connectivity index (χ3n) is 4.44. The van der Waals surface area contributed by atoms with Crippen LogP contribution in [0.15, 0.2) is 36.5 Å². The molecule has 1 N–H and O–H groups in total. The highest BCUT2D eigenvalue weighted by Crippen LogP contribution is 2.36. The minimum atomic E-state index is -0.315. The van der Waals surface area contributed by atoms with E-state index in [4.69, 9.17) is 11.6 Å². The number of pyridine rings is 1. The number of imidazole rings is 1. The number of H-pyrrole nitrogens is 1. The van der Waals surface area contributed by atoms with Crippen LogP contribution < -0.4 is 0 Å². The second-order valence-corrected chi connectivity index (χ2v) is 7.91. The van der Waals surface area contributed by atoms with Crippen LogP contribution >= 0.6 is 24.0 Å². The maximum Gasteiger partial charge on any atom is 0.158 e. The first kappa shape index (κ1) is 20.3. The number of halogens is 3. The molecule has 0 atom stereocenters. The van der Waals surface area contributed by atoms with Crippen molar-refractivity contribution in [3.63, 3.8) is 0 Å². The zero-order valence-electron chi connectivity index (χ0n) is 15.9. The summed E-state index contributed by atoms with van der Waals surface area (Å²) in [5.41, 5.74) is 3.76. The van der Waals surface area contributed by atoms with Crippen LogP contribution in [0.5, 0.6) is 0 Å². The molecule has 0 spiro atoms. The SMILES string of the molecule is Cl.Cn1nc(C(C)(C)C)c(Cl)c1-c1nc2cc(-c3ccccc3F)ncc2[nH]1. The number of hydrogen-bond donors (Lipinski definition) is 1. The normalized spacial score (nSPS) is 11.6. The molecular weight excluding hydrogens is 400 g/mol. The van der Waals surface area contributed by atoms with Crippen molar-refractivity contribution in [1.82, 2.24) is 24.7 Å². The molecule has 3 aromatic heterocycles. The Morgan fingerprint density at radius 1 is 1.18 bits per heavy atom. The molecule has 0 aliphatic carbocycles. The Kier molecular flexibility index (Phi) is 5.21. The quantitative estimate of drug-likeness (QED) is 0.464. The predicted molar refractivity (Wildman–Crippen MR) is 112 cm³/mol. The average Bonchev–Trinajstić information content (AvgIpc) is 3.14. The molecule has 0 amide bonds. The summed E-state index contributed by atoms with van der Waals surface area (Å²) in [7, 11) is 1.84. The molecule has 0 unspecified atom stereocenters. The summed E-state index contributed by atoms with van der Waals surface area (Å²) >= 11 is 6.62. The number of nitrogens with one attached hydrogen (secondary N) is 1. The number of benzene rings is 1. The minimum Gasteiger partial charge on any atom is -0.335 e. The molecule has 4 aromatic rings. The molecule has 8 heteroatoms. The predicted octanol–water partition coefficient (Wildman–Crippen LogP) is 5.54. The molecule has 146 valence electrons. The van der Waals surface area contributed by atoms with Crippen molar-refractivity contribution in [1.29, 1.82) is 0 Å². The van der Waals surface area contributed by atoms with Crippen molar-refractivity contribution >= 4 is 35.0 Å². The number of aromatic amines is 1. The lowest BCUT2D eigenvalue weighted by molar-refractivity contribution is 0.553. The van der Waals surface area contributed by atoms with Crippen molar-refractivity contribution in [2.45, 2.75) is 26.2 Å². The third-order valence-corrected chi connectivity index (χ3v) is 4.80. The first-order chi connectivity index (χ1) is 12.8. The molecule has 0 saturated carbocycles. The molecule has 0 radical (unpaired) electrons. The van der Waals surface area contributed by atoms with Gasteiger partial charge in [-0.15, -0.1) is 12.4 Å². The van der Waals surface area contributed by atoms with Crippen molar-refractivity contribution in [3.05, 3.63) is 53.1 Å². The van der Waals surface area contributed by atoms with E-state index < -0.39 is 0 Å². The zero-order valence-corrected chi connectivity index (χ0v) is 17.5. The molecule has 3 heterocycles. The molecule has 0 fully saturated rings. The minimum absolute atomic E-state index is 0. The molecule has 0 saturated heterocycles. The number of aromatic nitrogens is 5. The first-order valence-corrected chi connectivity index (χ1v) is 8.97. The summed E-state index contributed by atoms with van der Waals surface area (Å²) in [5.74, 6) is 0.289. The third kappa shape index (κ3) is 3.38. The average molecular weight is 420 g/mol. The van der Waals surface area contributed by atoms with E-state index in [0.717, 1.165) is 11.2 Å². The second kappa shape index (κ2) is 7.18. The summed E-state index contributed by atoms with van der Waals surface area (Å²) in [6.07, 6.45) is 1.66. The molecule has 4 rings (SSSR count). The lowest BCUT2D eigenvalue weighted by atomic mass is 9.92. The Morgan fingerprint density at radius 2 is 1.89 bits per heavy atom. The fraction of sp³-hybridized carbons (Fsp3) is 0.250. The highest BCUT2D eigenvalue weighted by molar-refractivity contribution is 6.33. The van der Waals surface area contributed by atoms with Crippen LogP contribution in [-0.4, -0.2) is 24.7 Å². The number of rotatable bonds is 2. The lowest BCUT2D eigenvalue weighted by Crippen LogP contribution is -2.12. The van der Waals surface area contributed by atoms with Crippen molar-refractivity contribution in [3.8, 4) is 22.8 Å². The van der Waals surface area contributed by atoms with Gasteiger partial charge in [-0.2, -0.15) is 5.10 Å². The van der Waals surface area contributed by atoms with E-state index >= 15 is 0 Å². The van der Waals surface area contributed by atoms with E-state index in [9.17, 15) is 4.39 Å². The van der Waals surface area contributed by atoms with Gasteiger partial charge in [-0.05, 0) is 18.2 Å². The lowest BCUT2D eigenvalue weighted by Gasteiger charge is -2.15. The summed E-state index contributed by atoms with van der Waals surface area (Å²) in [5, 5.41) is 5.14. The zero-order chi connectivity index (χ0) is 19.3. The number of fused-ring (bicyclic) bond motifs is 1. The van der Waals surface area contributed by atoms with Crippen LogP contribution in [0.4, 0.5) is 4.39 Å². The highest BCUT2D eigenvalue weighted by atomic mass is 35.5. The van der Waals surface area contributed by atoms with Crippen LogP contribution in [0.25, 0.3) is 33.8 Å². The summed E-state index contributed by atoms with van der Waals surface area (Å²) in [4.78, 5) is 12.3. The van der Waals surface area contributed by atoms with E-state index in [1.165, 1.54) is 6.07 Å². The summed E-state index contributed by atoms with van der Waals surface area (Å²) < 4.78 is 15.8. The van der Waals surface area contributed by atoms with Gasteiger partial charge in [-0.1, -0.05) is 44.5 Å². The maximum absolute atomic E-state index is 14.1. The molecule has 0 aliphatic heterocycles. The monoisotopic (exact) mass is 419 g/mol. The molecule has 0 bridgehead atoms. The van der Waals surface area contributed by atoms with Crippen molar-refractivity contribution in [2.75, 3.05) is 0 Å². The van der Waals surface area contributed by atoms with Gasteiger partial charge in [-0.3, -0.25) is 9.67 Å². The highest BCUT2D eigenvalue weighted by Gasteiger charge is 2.27. The van der Waals surface area contributed by atoms with Gasteiger partial charge in [0.1, 0.15) is 11.5 Å². The van der Waals surface area contributed by atoms with E-state index in [1.54, 1.807) is 35.1 Å². The van der Waals surface area contributed by atoms with Gasteiger partial charge in [0, 0.05) is 18.0 Å². The second-order valence-electron chi connectivity index (χ2n) is 7.54. The van der Waals surface area contributed by atoms with Gasteiger partial charge in [0.25, 0.3) is 0 Å². The van der Waals surface area contributed by atoms with Crippen molar-refractivity contribution < 1.29 is 4.39 Å². The molecule has 5 nitrogen and oxygen atoms in total. The van der Waals surface area contributed by atoms with Gasteiger partial charge in [0.2, 0.25) is 0 Å². The van der Waals surface area contributed by atoms with Crippen LogP contribution in [0.2, 0.25) is 5.02 Å². The summed E-state index contributed by atoms with van der Waals surface area (Å²) in [6, 6.07) is 8.32. The molecular formula is C20H20Cl2FN5. The Labute approximate surface area is 173 Å². The standard InChI is InChI=1S/C20H19ClFN5.ClH/c1-20(2,3)18-16(21)17(27(4)26-18)19-24-14-9-13(23-10-15(14)25-19)11-7-5-6-8-12(11)22;/h5-10H,1-4H3,(H,24,25);1H. The van der Waals surface area contributed by atoms with Crippen LogP contribution in [0, 0.1) is 5.82 Å². The number of nitrogens with zero attached hydrogens (tertiary/aromatic N) is 4. The van der Waals surface area contributed by atoms with Crippen molar-refractivity contribution in [2.24, 2.45) is 7.05 Å². The van der Waals surface area contributed by atoms with Gasteiger partial charge in [-0.25, -0.2) is 9.37 Å². The van der Waals surface area contributed by atoms with Crippen LogP contribution in [0.1, 0.15) is 26.5 Å².